The molecule has 28 heavy (non-hydrogen) atoms. The summed E-state index contributed by atoms with van der Waals surface area (Å²) in [5, 5.41) is 15.8. The number of hydrazone groups is 1. The van der Waals surface area contributed by atoms with Gasteiger partial charge >= 0.3 is 0 Å². The minimum atomic E-state index is -0.303. The van der Waals surface area contributed by atoms with Gasteiger partial charge in [-0.2, -0.15) is 10.3 Å². The zero-order valence-corrected chi connectivity index (χ0v) is 16.8. The summed E-state index contributed by atoms with van der Waals surface area (Å²) in [6.07, 6.45) is 0. The van der Waals surface area contributed by atoms with Crippen molar-refractivity contribution in [2.75, 3.05) is 38.1 Å². The Morgan fingerprint density at radius 1 is 1.04 bits per heavy atom. The van der Waals surface area contributed by atoms with Crippen LogP contribution in [0.2, 0.25) is 0 Å². The second-order valence-corrected chi connectivity index (χ2v) is 7.03. The summed E-state index contributed by atoms with van der Waals surface area (Å²) in [5.74, 6) is 0.170. The molecule has 0 unspecified atom stereocenters. The molecule has 1 aliphatic rings. The Kier molecular flexibility index (Phi) is 5.18. The first kappa shape index (κ1) is 19.2. The lowest BCUT2D eigenvalue weighted by atomic mass is 9.95. The van der Waals surface area contributed by atoms with Crippen molar-refractivity contribution in [3.05, 3.63) is 65.2 Å². The monoisotopic (exact) mass is 373 g/mol. The Hall–Kier alpha value is -3.59. The van der Waals surface area contributed by atoms with E-state index in [0.717, 1.165) is 16.8 Å². The SMILES string of the molecule is Cc1cc(N(C)C)ccc1C(C#N)=C1C(=O)N(c2ccccc2)N=C1N(C)C. The quantitative estimate of drug-likeness (QED) is 0.612. The fourth-order valence-electron chi connectivity index (χ4n) is 3.12. The molecule has 2 aromatic rings. The number of anilines is 2. The van der Waals surface area contributed by atoms with Gasteiger partial charge < -0.3 is 9.80 Å². The number of para-hydroxylation sites is 1. The van der Waals surface area contributed by atoms with Gasteiger partial charge in [-0.1, -0.05) is 24.3 Å². The van der Waals surface area contributed by atoms with E-state index in [0.29, 0.717) is 22.7 Å². The largest absolute Gasteiger partial charge is 0.378 e. The van der Waals surface area contributed by atoms with Crippen molar-refractivity contribution in [3.8, 4) is 6.07 Å². The van der Waals surface area contributed by atoms with E-state index in [9.17, 15) is 10.1 Å². The van der Waals surface area contributed by atoms with Gasteiger partial charge in [0, 0.05) is 33.9 Å². The smallest absolute Gasteiger partial charge is 0.283 e. The van der Waals surface area contributed by atoms with Crippen LogP contribution in [0.1, 0.15) is 11.1 Å². The van der Waals surface area contributed by atoms with Crippen molar-refractivity contribution in [1.82, 2.24) is 4.90 Å². The molecule has 0 fully saturated rings. The molecule has 0 radical (unpaired) electrons. The van der Waals surface area contributed by atoms with Crippen molar-refractivity contribution in [2.45, 2.75) is 6.92 Å². The number of amides is 1. The molecule has 0 saturated carbocycles. The highest BCUT2D eigenvalue weighted by atomic mass is 16.2. The molecule has 6 heteroatoms. The number of nitrogens with zero attached hydrogens (tertiary/aromatic N) is 5. The number of aryl methyl sites for hydroxylation is 1. The highest BCUT2D eigenvalue weighted by molar-refractivity contribution is 6.34. The number of likely N-dealkylation sites (N-methyl/N-ethyl adjacent to an activating group) is 1. The maximum Gasteiger partial charge on any atom is 0.283 e. The summed E-state index contributed by atoms with van der Waals surface area (Å²) in [6, 6.07) is 17.3. The average Bonchev–Trinajstić information content (AvgIpc) is 3.02. The number of hydrogen-bond donors (Lipinski definition) is 0. The van der Waals surface area contributed by atoms with Crippen molar-refractivity contribution in [1.29, 1.82) is 5.26 Å². The summed E-state index contributed by atoms with van der Waals surface area (Å²) in [6.45, 7) is 1.95. The van der Waals surface area contributed by atoms with Crippen LogP contribution in [0.3, 0.4) is 0 Å². The molecule has 0 aromatic heterocycles. The van der Waals surface area contributed by atoms with Crippen molar-refractivity contribution < 1.29 is 4.79 Å². The number of benzene rings is 2. The second-order valence-electron chi connectivity index (χ2n) is 7.03. The van der Waals surface area contributed by atoms with Crippen LogP contribution in [-0.2, 0) is 4.79 Å². The number of nitriles is 1. The molecule has 2 aromatic carbocycles. The van der Waals surface area contributed by atoms with E-state index in [1.165, 1.54) is 5.01 Å². The average molecular weight is 373 g/mol. The Morgan fingerprint density at radius 3 is 2.25 bits per heavy atom. The van der Waals surface area contributed by atoms with Gasteiger partial charge in [0.05, 0.1) is 11.3 Å². The van der Waals surface area contributed by atoms with Gasteiger partial charge in [0.1, 0.15) is 11.6 Å². The standard InChI is InChI=1S/C22H23N5O/c1-15-13-17(25(2)3)11-12-18(15)19(14-23)20-21(26(4)5)24-27(22(20)28)16-9-7-6-8-10-16/h6-13H,1-5H3. The van der Waals surface area contributed by atoms with Gasteiger partial charge in [-0.05, 0) is 42.3 Å². The van der Waals surface area contributed by atoms with E-state index in [1.54, 1.807) is 4.90 Å². The molecule has 0 atom stereocenters. The third-order valence-corrected chi connectivity index (χ3v) is 4.61. The highest BCUT2D eigenvalue weighted by Crippen LogP contribution is 2.31. The Morgan fingerprint density at radius 2 is 1.71 bits per heavy atom. The lowest BCUT2D eigenvalue weighted by Crippen LogP contribution is -2.26. The Labute approximate surface area is 165 Å². The summed E-state index contributed by atoms with van der Waals surface area (Å²) < 4.78 is 0. The molecular formula is C22H23N5O. The van der Waals surface area contributed by atoms with Gasteiger partial charge in [0.15, 0.2) is 5.84 Å². The fourth-order valence-corrected chi connectivity index (χ4v) is 3.12. The third-order valence-electron chi connectivity index (χ3n) is 4.61. The van der Waals surface area contributed by atoms with Crippen LogP contribution in [0.15, 0.2) is 59.2 Å². The number of rotatable bonds is 3. The molecule has 1 heterocycles. The first-order chi connectivity index (χ1) is 13.3. The fraction of sp³-hybridized carbons (Fsp3) is 0.227. The van der Waals surface area contributed by atoms with E-state index in [4.69, 9.17) is 0 Å². The summed E-state index contributed by atoms with van der Waals surface area (Å²) in [7, 11) is 7.56. The minimum Gasteiger partial charge on any atom is -0.378 e. The van der Waals surface area contributed by atoms with E-state index in [1.807, 2.05) is 88.5 Å². The van der Waals surface area contributed by atoms with Gasteiger partial charge in [-0.15, -0.1) is 5.10 Å². The number of allylic oxidation sites excluding steroid dienone is 1. The van der Waals surface area contributed by atoms with Gasteiger partial charge in [0.2, 0.25) is 0 Å². The van der Waals surface area contributed by atoms with Crippen molar-refractivity contribution in [3.63, 3.8) is 0 Å². The Bertz CT molecular complexity index is 1010. The lowest BCUT2D eigenvalue weighted by molar-refractivity contribution is -0.114. The second kappa shape index (κ2) is 7.57. The highest BCUT2D eigenvalue weighted by Gasteiger charge is 2.36. The van der Waals surface area contributed by atoms with Crippen molar-refractivity contribution >= 4 is 28.7 Å². The number of carbonyl (C=O) groups excluding carboxylic acids is 1. The molecule has 1 amide bonds. The van der Waals surface area contributed by atoms with E-state index in [-0.39, 0.29) is 5.91 Å². The lowest BCUT2D eigenvalue weighted by Gasteiger charge is -2.17. The maximum atomic E-state index is 13.2. The zero-order valence-electron chi connectivity index (χ0n) is 16.8. The van der Waals surface area contributed by atoms with Gasteiger partial charge in [-0.25, -0.2) is 0 Å². The third kappa shape index (κ3) is 3.35. The summed E-state index contributed by atoms with van der Waals surface area (Å²) >= 11 is 0. The molecule has 6 nitrogen and oxygen atoms in total. The molecule has 0 bridgehead atoms. The van der Waals surface area contributed by atoms with Gasteiger partial charge in [0.25, 0.3) is 5.91 Å². The molecule has 3 rings (SSSR count). The van der Waals surface area contributed by atoms with Crippen LogP contribution in [-0.4, -0.2) is 44.8 Å². The predicted molar refractivity (Wildman–Crippen MR) is 113 cm³/mol. The molecule has 0 saturated heterocycles. The first-order valence-corrected chi connectivity index (χ1v) is 8.93. The molecular weight excluding hydrogens is 350 g/mol. The topological polar surface area (TPSA) is 62.9 Å². The molecule has 0 spiro atoms. The maximum absolute atomic E-state index is 13.2. The number of hydrogen-bond acceptors (Lipinski definition) is 5. The zero-order chi connectivity index (χ0) is 20.4. The van der Waals surface area contributed by atoms with Gasteiger partial charge in [-0.3, -0.25) is 4.79 Å². The molecule has 0 N–H and O–H groups in total. The number of carbonyl (C=O) groups is 1. The molecule has 1 aliphatic heterocycles. The number of amidine groups is 1. The minimum absolute atomic E-state index is 0.303. The van der Waals surface area contributed by atoms with Crippen LogP contribution in [0.25, 0.3) is 5.57 Å². The van der Waals surface area contributed by atoms with Crippen LogP contribution < -0.4 is 9.91 Å². The van der Waals surface area contributed by atoms with Crippen LogP contribution in [0.4, 0.5) is 11.4 Å². The summed E-state index contributed by atoms with van der Waals surface area (Å²) in [4.78, 5) is 17.0. The first-order valence-electron chi connectivity index (χ1n) is 8.93. The predicted octanol–water partition coefficient (Wildman–Crippen LogP) is 3.26. The van der Waals surface area contributed by atoms with E-state index in [2.05, 4.69) is 11.2 Å². The molecule has 0 aliphatic carbocycles. The van der Waals surface area contributed by atoms with Crippen LogP contribution in [0, 0.1) is 18.3 Å². The Balaban J connectivity index is 2.18. The normalized spacial score (nSPS) is 15.2. The van der Waals surface area contributed by atoms with E-state index < -0.39 is 0 Å². The summed E-state index contributed by atoms with van der Waals surface area (Å²) in [5.41, 5.74) is 4.02. The van der Waals surface area contributed by atoms with E-state index >= 15 is 0 Å². The van der Waals surface area contributed by atoms with Crippen LogP contribution in [0.5, 0.6) is 0 Å². The van der Waals surface area contributed by atoms with Crippen molar-refractivity contribution in [2.24, 2.45) is 5.10 Å². The molecule has 142 valence electrons. The van der Waals surface area contributed by atoms with Crippen LogP contribution >= 0.6 is 0 Å².